The van der Waals surface area contributed by atoms with E-state index >= 15 is 0 Å². The molecule has 0 unspecified atom stereocenters. The third-order valence-electron chi connectivity index (χ3n) is 2.71. The quantitative estimate of drug-likeness (QED) is 0.596. The maximum absolute atomic E-state index is 13.4. The van der Waals surface area contributed by atoms with Crippen LogP contribution < -0.4 is 4.74 Å². The van der Waals surface area contributed by atoms with E-state index < -0.39 is 11.6 Å². The van der Waals surface area contributed by atoms with Crippen LogP contribution in [0.25, 0.3) is 0 Å². The van der Waals surface area contributed by atoms with Gasteiger partial charge < -0.3 is 4.74 Å². The minimum atomic E-state index is -0.486. The van der Waals surface area contributed by atoms with Gasteiger partial charge in [0.2, 0.25) is 0 Å². The lowest BCUT2D eigenvalue weighted by molar-refractivity contribution is 0.299. The summed E-state index contributed by atoms with van der Waals surface area (Å²) in [6, 6.07) is 10.4. The molecule has 0 aliphatic heterocycles. The van der Waals surface area contributed by atoms with Crippen molar-refractivity contribution in [2.75, 3.05) is 5.88 Å². The molecule has 0 bridgehead atoms. The van der Waals surface area contributed by atoms with Crippen molar-refractivity contribution in [1.29, 1.82) is 0 Å². The number of rotatable bonds is 4. The molecule has 0 aliphatic rings. The predicted molar refractivity (Wildman–Crippen MR) is 79.3 cm³/mol. The summed E-state index contributed by atoms with van der Waals surface area (Å²) in [5.74, 6) is 6.00. The minimum Gasteiger partial charge on any atom is -0.489 e. The van der Waals surface area contributed by atoms with E-state index in [4.69, 9.17) is 16.3 Å². The van der Waals surface area contributed by atoms with Gasteiger partial charge in [-0.15, -0.1) is 11.6 Å². The zero-order valence-corrected chi connectivity index (χ0v) is 12.0. The summed E-state index contributed by atoms with van der Waals surface area (Å²) in [5, 5.41) is 0. The van der Waals surface area contributed by atoms with Crippen LogP contribution in [0.4, 0.5) is 8.78 Å². The summed E-state index contributed by atoms with van der Waals surface area (Å²) in [5.41, 5.74) is 1.03. The minimum absolute atomic E-state index is 0.0269. The van der Waals surface area contributed by atoms with Crippen LogP contribution in [-0.2, 0) is 6.61 Å². The SMILES string of the molecule is Fc1ccc(F)c(COc2ccc(C#CCCCl)cc2)c1. The van der Waals surface area contributed by atoms with Gasteiger partial charge in [-0.25, -0.2) is 8.78 Å². The topological polar surface area (TPSA) is 9.23 Å². The zero-order valence-electron chi connectivity index (χ0n) is 11.2. The van der Waals surface area contributed by atoms with Gasteiger partial charge in [0.05, 0.1) is 0 Å². The molecule has 2 rings (SSSR count). The Labute approximate surface area is 127 Å². The van der Waals surface area contributed by atoms with Gasteiger partial charge in [-0.1, -0.05) is 11.8 Å². The lowest BCUT2D eigenvalue weighted by Crippen LogP contribution is -1.99. The first-order chi connectivity index (χ1) is 10.2. The van der Waals surface area contributed by atoms with Gasteiger partial charge in [0.25, 0.3) is 0 Å². The lowest BCUT2D eigenvalue weighted by atomic mass is 10.2. The highest BCUT2D eigenvalue weighted by Crippen LogP contribution is 2.16. The number of alkyl halides is 1. The van der Waals surface area contributed by atoms with E-state index in [0.29, 0.717) is 18.1 Å². The van der Waals surface area contributed by atoms with Crippen molar-refractivity contribution in [1.82, 2.24) is 0 Å². The van der Waals surface area contributed by atoms with Crippen LogP contribution in [0.5, 0.6) is 5.75 Å². The third-order valence-corrected chi connectivity index (χ3v) is 2.90. The molecule has 0 amide bonds. The fraction of sp³-hybridized carbons (Fsp3) is 0.176. The van der Waals surface area contributed by atoms with Crippen molar-refractivity contribution in [3.8, 4) is 17.6 Å². The fourth-order valence-corrected chi connectivity index (χ4v) is 1.76. The molecule has 4 heteroatoms. The summed E-state index contributed by atoms with van der Waals surface area (Å²) in [7, 11) is 0. The van der Waals surface area contributed by atoms with E-state index in [9.17, 15) is 8.78 Å². The second-order valence-electron chi connectivity index (χ2n) is 4.29. The Kier molecular flexibility index (Phi) is 5.59. The van der Waals surface area contributed by atoms with Crippen LogP contribution in [-0.4, -0.2) is 5.88 Å². The molecule has 0 N–H and O–H groups in total. The highest BCUT2D eigenvalue weighted by atomic mass is 35.5. The largest absolute Gasteiger partial charge is 0.489 e. The van der Waals surface area contributed by atoms with Crippen LogP contribution in [0.1, 0.15) is 17.5 Å². The highest BCUT2D eigenvalue weighted by Gasteiger charge is 2.04. The Morgan fingerprint density at radius 2 is 1.81 bits per heavy atom. The van der Waals surface area contributed by atoms with Gasteiger partial charge in [-0.3, -0.25) is 0 Å². The second-order valence-corrected chi connectivity index (χ2v) is 4.67. The molecular weight excluding hydrogens is 294 g/mol. The van der Waals surface area contributed by atoms with Crippen molar-refractivity contribution >= 4 is 11.6 Å². The van der Waals surface area contributed by atoms with Crippen LogP contribution >= 0.6 is 11.6 Å². The molecular formula is C17H13ClF2O. The van der Waals surface area contributed by atoms with Crippen molar-refractivity contribution in [2.45, 2.75) is 13.0 Å². The van der Waals surface area contributed by atoms with Crippen LogP contribution in [0.2, 0.25) is 0 Å². The molecule has 0 heterocycles. The fourth-order valence-electron chi connectivity index (χ4n) is 1.66. The average Bonchev–Trinajstić information content (AvgIpc) is 2.50. The first-order valence-corrected chi connectivity index (χ1v) is 6.94. The molecule has 0 saturated carbocycles. The molecule has 2 aromatic carbocycles. The maximum atomic E-state index is 13.4. The number of ether oxygens (including phenoxy) is 1. The Bertz CT molecular complexity index is 657. The van der Waals surface area contributed by atoms with Crippen molar-refractivity contribution in [2.24, 2.45) is 0 Å². The summed E-state index contributed by atoms with van der Waals surface area (Å²) < 4.78 is 31.9. The van der Waals surface area contributed by atoms with Gasteiger partial charge >= 0.3 is 0 Å². The molecule has 0 spiro atoms. The standard InChI is InChI=1S/C17H13ClF2O/c18-10-2-1-3-13-4-7-16(8-5-13)21-12-14-11-15(19)6-9-17(14)20/h4-9,11H,2,10,12H2. The van der Waals surface area contributed by atoms with Crippen LogP contribution in [0, 0.1) is 23.5 Å². The molecule has 0 fully saturated rings. The molecule has 0 saturated heterocycles. The van der Waals surface area contributed by atoms with E-state index in [-0.39, 0.29) is 12.2 Å². The molecule has 21 heavy (non-hydrogen) atoms. The summed E-state index contributed by atoms with van der Waals surface area (Å²) in [6.45, 7) is -0.0269. The molecule has 2 aromatic rings. The average molecular weight is 307 g/mol. The number of benzene rings is 2. The third kappa shape index (κ3) is 4.77. The second kappa shape index (κ2) is 7.66. The Morgan fingerprint density at radius 1 is 1.05 bits per heavy atom. The molecule has 0 aliphatic carbocycles. The Hall–Kier alpha value is -2.05. The first-order valence-electron chi connectivity index (χ1n) is 6.40. The molecule has 0 atom stereocenters. The summed E-state index contributed by atoms with van der Waals surface area (Å²) in [4.78, 5) is 0. The normalized spacial score (nSPS) is 9.86. The van der Waals surface area contributed by atoms with Gasteiger partial charge in [0.1, 0.15) is 24.0 Å². The highest BCUT2D eigenvalue weighted by molar-refractivity contribution is 6.18. The van der Waals surface area contributed by atoms with Crippen molar-refractivity contribution in [3.05, 3.63) is 65.2 Å². The summed E-state index contributed by atoms with van der Waals surface area (Å²) >= 11 is 5.54. The number of halogens is 3. The first kappa shape index (κ1) is 15.3. The van der Waals surface area contributed by atoms with E-state index in [1.807, 2.05) is 0 Å². The summed E-state index contributed by atoms with van der Waals surface area (Å²) in [6.07, 6.45) is 0.638. The predicted octanol–water partition coefficient (Wildman–Crippen LogP) is 4.52. The van der Waals surface area contributed by atoms with Gasteiger partial charge in [-0.05, 0) is 42.5 Å². The number of hydrogen-bond acceptors (Lipinski definition) is 1. The van der Waals surface area contributed by atoms with E-state index in [0.717, 1.165) is 23.8 Å². The smallest absolute Gasteiger partial charge is 0.130 e. The van der Waals surface area contributed by atoms with Gasteiger partial charge in [-0.2, -0.15) is 0 Å². The van der Waals surface area contributed by atoms with E-state index in [1.54, 1.807) is 24.3 Å². The monoisotopic (exact) mass is 306 g/mol. The molecule has 0 aromatic heterocycles. The Morgan fingerprint density at radius 3 is 2.52 bits per heavy atom. The number of hydrogen-bond donors (Lipinski definition) is 0. The van der Waals surface area contributed by atoms with Crippen LogP contribution in [0.15, 0.2) is 42.5 Å². The van der Waals surface area contributed by atoms with E-state index in [2.05, 4.69) is 11.8 Å². The maximum Gasteiger partial charge on any atom is 0.130 e. The molecule has 1 nitrogen and oxygen atoms in total. The molecule has 0 radical (unpaired) electrons. The van der Waals surface area contributed by atoms with Crippen molar-refractivity contribution in [3.63, 3.8) is 0 Å². The van der Waals surface area contributed by atoms with Crippen molar-refractivity contribution < 1.29 is 13.5 Å². The van der Waals surface area contributed by atoms with Crippen LogP contribution in [0.3, 0.4) is 0 Å². The Balaban J connectivity index is 1.98. The molecule has 108 valence electrons. The lowest BCUT2D eigenvalue weighted by Gasteiger charge is -2.07. The van der Waals surface area contributed by atoms with Gasteiger partial charge in [0.15, 0.2) is 0 Å². The zero-order chi connectivity index (χ0) is 15.1. The van der Waals surface area contributed by atoms with Gasteiger partial charge in [0, 0.05) is 23.4 Å². The van der Waals surface area contributed by atoms with E-state index in [1.165, 1.54) is 0 Å².